The lowest BCUT2D eigenvalue weighted by atomic mass is 10.1. The maximum absolute atomic E-state index is 12.8. The molecule has 0 aromatic heterocycles. The van der Waals surface area contributed by atoms with E-state index in [4.69, 9.17) is 14.2 Å². The Bertz CT molecular complexity index is 1220. The molecule has 0 aromatic rings. The molecule has 0 aliphatic carbocycles. The Kier molecular flexibility index (Phi) is 47.5. The fourth-order valence-corrected chi connectivity index (χ4v) is 6.86. The number of hydrogen-bond acceptors (Lipinski definition) is 6. The fourth-order valence-electron chi connectivity index (χ4n) is 6.86. The minimum Gasteiger partial charge on any atom is -0.462 e. The summed E-state index contributed by atoms with van der Waals surface area (Å²) < 4.78 is 16.8. The molecule has 0 saturated carbocycles. The molecular weight excluding hydrogens is 769 g/mol. The Hall–Kier alpha value is -3.41. The van der Waals surface area contributed by atoms with Crippen LogP contribution in [0.1, 0.15) is 233 Å². The molecular formula is C56H94O6. The Morgan fingerprint density at radius 1 is 0.339 bits per heavy atom. The van der Waals surface area contributed by atoms with Crippen molar-refractivity contribution in [2.45, 2.75) is 239 Å². The first-order valence-electron chi connectivity index (χ1n) is 25.6. The Labute approximate surface area is 382 Å². The molecule has 6 nitrogen and oxygen atoms in total. The van der Waals surface area contributed by atoms with Crippen LogP contribution in [0.25, 0.3) is 0 Å². The lowest BCUT2D eigenvalue weighted by molar-refractivity contribution is -0.167. The fraction of sp³-hybridized carbons (Fsp3) is 0.696. The molecule has 0 aliphatic heterocycles. The number of ether oxygens (including phenoxy) is 3. The smallest absolute Gasteiger partial charge is 0.306 e. The molecule has 1 atom stereocenters. The van der Waals surface area contributed by atoms with Gasteiger partial charge in [-0.1, -0.05) is 209 Å². The second-order valence-electron chi connectivity index (χ2n) is 16.7. The van der Waals surface area contributed by atoms with E-state index in [0.29, 0.717) is 19.3 Å². The summed E-state index contributed by atoms with van der Waals surface area (Å²) in [5, 5.41) is 0. The van der Waals surface area contributed by atoms with Crippen molar-refractivity contribution in [2.24, 2.45) is 0 Å². The van der Waals surface area contributed by atoms with E-state index in [1.54, 1.807) is 0 Å². The van der Waals surface area contributed by atoms with Crippen LogP contribution in [0.4, 0.5) is 0 Å². The van der Waals surface area contributed by atoms with Gasteiger partial charge in [-0.25, -0.2) is 0 Å². The Balaban J connectivity index is 4.41. The summed E-state index contributed by atoms with van der Waals surface area (Å²) in [6.07, 6.45) is 64.2. The predicted molar refractivity (Wildman–Crippen MR) is 265 cm³/mol. The van der Waals surface area contributed by atoms with E-state index in [9.17, 15) is 14.4 Å². The lowest BCUT2D eigenvalue weighted by Gasteiger charge is -2.18. The van der Waals surface area contributed by atoms with Crippen molar-refractivity contribution >= 4 is 17.9 Å². The zero-order valence-electron chi connectivity index (χ0n) is 40.4. The third kappa shape index (κ3) is 47.6. The van der Waals surface area contributed by atoms with Crippen molar-refractivity contribution < 1.29 is 28.6 Å². The lowest BCUT2D eigenvalue weighted by Crippen LogP contribution is -2.30. The normalized spacial score (nSPS) is 12.8. The van der Waals surface area contributed by atoms with Crippen LogP contribution in [0, 0.1) is 0 Å². The maximum Gasteiger partial charge on any atom is 0.306 e. The number of allylic oxidation sites excluding steroid dienone is 14. The molecule has 0 heterocycles. The first-order valence-corrected chi connectivity index (χ1v) is 25.6. The van der Waals surface area contributed by atoms with Gasteiger partial charge in [0.1, 0.15) is 13.2 Å². The molecule has 0 bridgehead atoms. The quantitative estimate of drug-likeness (QED) is 0.0263. The summed E-state index contributed by atoms with van der Waals surface area (Å²) >= 11 is 0. The number of esters is 3. The SMILES string of the molecule is CC/C=C\C/C=C\C/C=C\C/C=C\CCCCCCC(=O)OCC(COC(=O)CCCCCCCCCCCC)OC(=O)CCCCCCCCC/C=C\C/C=C\C/C=C\CC. The number of hydrogen-bond donors (Lipinski definition) is 0. The van der Waals surface area contributed by atoms with Crippen LogP contribution in [0.15, 0.2) is 85.1 Å². The summed E-state index contributed by atoms with van der Waals surface area (Å²) in [6, 6.07) is 0. The van der Waals surface area contributed by atoms with Gasteiger partial charge in [-0.3, -0.25) is 14.4 Å². The molecule has 0 aliphatic rings. The molecule has 354 valence electrons. The monoisotopic (exact) mass is 863 g/mol. The summed E-state index contributed by atoms with van der Waals surface area (Å²) in [7, 11) is 0. The zero-order chi connectivity index (χ0) is 45.1. The Morgan fingerprint density at radius 3 is 0.984 bits per heavy atom. The van der Waals surface area contributed by atoms with E-state index >= 15 is 0 Å². The molecule has 6 heteroatoms. The van der Waals surface area contributed by atoms with E-state index < -0.39 is 6.10 Å². The van der Waals surface area contributed by atoms with E-state index in [0.717, 1.165) is 122 Å². The zero-order valence-corrected chi connectivity index (χ0v) is 40.4. The van der Waals surface area contributed by atoms with Crippen molar-refractivity contribution in [3.8, 4) is 0 Å². The molecule has 0 aromatic carbocycles. The highest BCUT2D eigenvalue weighted by Gasteiger charge is 2.19. The Morgan fingerprint density at radius 2 is 0.629 bits per heavy atom. The van der Waals surface area contributed by atoms with E-state index in [-0.39, 0.29) is 31.1 Å². The minimum absolute atomic E-state index is 0.0879. The van der Waals surface area contributed by atoms with Crippen LogP contribution in [0.3, 0.4) is 0 Å². The molecule has 62 heavy (non-hydrogen) atoms. The molecule has 0 amide bonds. The first kappa shape index (κ1) is 58.6. The minimum atomic E-state index is -0.790. The highest BCUT2D eigenvalue weighted by atomic mass is 16.6. The van der Waals surface area contributed by atoms with Gasteiger partial charge in [0.2, 0.25) is 0 Å². The van der Waals surface area contributed by atoms with Crippen molar-refractivity contribution in [3.05, 3.63) is 85.1 Å². The third-order valence-corrected chi connectivity index (χ3v) is 10.6. The topological polar surface area (TPSA) is 78.9 Å². The second-order valence-corrected chi connectivity index (χ2v) is 16.7. The van der Waals surface area contributed by atoms with Gasteiger partial charge in [-0.2, -0.15) is 0 Å². The molecule has 0 N–H and O–H groups in total. The van der Waals surface area contributed by atoms with Crippen molar-refractivity contribution in [3.63, 3.8) is 0 Å². The number of rotatable bonds is 45. The van der Waals surface area contributed by atoms with Gasteiger partial charge < -0.3 is 14.2 Å². The molecule has 0 spiro atoms. The van der Waals surface area contributed by atoms with Gasteiger partial charge in [0.25, 0.3) is 0 Å². The van der Waals surface area contributed by atoms with Gasteiger partial charge in [0, 0.05) is 19.3 Å². The van der Waals surface area contributed by atoms with E-state index in [2.05, 4.69) is 106 Å². The van der Waals surface area contributed by atoms with Crippen LogP contribution < -0.4 is 0 Å². The molecule has 0 saturated heterocycles. The second kappa shape index (κ2) is 50.2. The average molecular weight is 863 g/mol. The van der Waals surface area contributed by atoms with Crippen LogP contribution in [0.2, 0.25) is 0 Å². The highest BCUT2D eigenvalue weighted by Crippen LogP contribution is 2.14. The van der Waals surface area contributed by atoms with Gasteiger partial charge in [-0.05, 0) is 89.9 Å². The van der Waals surface area contributed by atoms with Crippen molar-refractivity contribution in [2.75, 3.05) is 13.2 Å². The van der Waals surface area contributed by atoms with Gasteiger partial charge in [0.15, 0.2) is 6.10 Å². The molecule has 0 fully saturated rings. The largest absolute Gasteiger partial charge is 0.462 e. The summed E-state index contributed by atoms with van der Waals surface area (Å²) in [6.45, 7) is 6.37. The van der Waals surface area contributed by atoms with Gasteiger partial charge in [-0.15, -0.1) is 0 Å². The average Bonchev–Trinajstić information content (AvgIpc) is 3.27. The molecule has 0 radical (unpaired) electrons. The maximum atomic E-state index is 12.8. The summed E-state index contributed by atoms with van der Waals surface area (Å²) in [4.78, 5) is 37.9. The van der Waals surface area contributed by atoms with Crippen molar-refractivity contribution in [1.82, 2.24) is 0 Å². The third-order valence-electron chi connectivity index (χ3n) is 10.6. The van der Waals surface area contributed by atoms with E-state index in [1.165, 1.54) is 70.6 Å². The van der Waals surface area contributed by atoms with Crippen LogP contribution in [-0.4, -0.2) is 37.2 Å². The van der Waals surface area contributed by atoms with Gasteiger partial charge >= 0.3 is 17.9 Å². The summed E-state index contributed by atoms with van der Waals surface area (Å²) in [5.41, 5.74) is 0. The standard InChI is InChI=1S/C56H94O6/c1-4-7-10-13-16-19-22-24-26-28-30-32-34-37-40-43-46-49-55(58)61-52-53(51-60-54(57)48-45-42-39-36-21-18-15-12-9-6-3)62-56(59)50-47-44-41-38-35-33-31-29-27-25-23-20-17-14-11-8-5-2/h7-8,10-11,16-17,19-20,24-27,30,32,53H,4-6,9,12-15,18,21-23,28-29,31,33-52H2,1-3H3/b10-7-,11-8-,19-16-,20-17-,26-24-,27-25-,32-30-. The van der Waals surface area contributed by atoms with Crippen LogP contribution >= 0.6 is 0 Å². The predicted octanol–water partition coefficient (Wildman–Crippen LogP) is 16.8. The first-order chi connectivity index (χ1) is 30.5. The number of carbonyl (C=O) groups excluding carboxylic acids is 3. The van der Waals surface area contributed by atoms with Crippen molar-refractivity contribution in [1.29, 1.82) is 0 Å². The van der Waals surface area contributed by atoms with Crippen LogP contribution in [0.5, 0.6) is 0 Å². The number of unbranched alkanes of at least 4 members (excludes halogenated alkanes) is 20. The summed E-state index contributed by atoms with van der Waals surface area (Å²) in [5.74, 6) is -0.925. The highest BCUT2D eigenvalue weighted by molar-refractivity contribution is 5.71. The molecule has 0 rings (SSSR count). The van der Waals surface area contributed by atoms with Crippen LogP contribution in [-0.2, 0) is 28.6 Å². The molecule has 1 unspecified atom stereocenters. The number of carbonyl (C=O) groups is 3. The van der Waals surface area contributed by atoms with Gasteiger partial charge in [0.05, 0.1) is 0 Å². The van der Waals surface area contributed by atoms with E-state index in [1.807, 2.05) is 0 Å².